The van der Waals surface area contributed by atoms with Gasteiger partial charge in [-0.15, -0.1) is 0 Å². The number of ether oxygens (including phenoxy) is 2. The summed E-state index contributed by atoms with van der Waals surface area (Å²) in [6.07, 6.45) is 6.30. The summed E-state index contributed by atoms with van der Waals surface area (Å²) in [6, 6.07) is 0. The lowest BCUT2D eigenvalue weighted by Crippen LogP contribution is -2.30. The van der Waals surface area contributed by atoms with Crippen molar-refractivity contribution < 1.29 is 14.3 Å². The molecule has 7 atom stereocenters. The third-order valence-electron chi connectivity index (χ3n) is 5.49. The fourth-order valence-electron chi connectivity index (χ4n) is 4.91. The van der Waals surface area contributed by atoms with Crippen molar-refractivity contribution in [2.75, 3.05) is 6.61 Å². The van der Waals surface area contributed by atoms with Gasteiger partial charge in [0.05, 0.1) is 18.8 Å². The second-order valence-electron chi connectivity index (χ2n) is 6.11. The first-order valence-corrected chi connectivity index (χ1v) is 6.72. The summed E-state index contributed by atoms with van der Waals surface area (Å²) < 4.78 is 10.9. The molecule has 3 aliphatic carbocycles. The van der Waals surface area contributed by atoms with Crippen LogP contribution in [0.5, 0.6) is 0 Å². The quantitative estimate of drug-likeness (QED) is 0.424. The Labute approximate surface area is 101 Å². The lowest BCUT2D eigenvalue weighted by molar-refractivity contribution is -0.140. The van der Waals surface area contributed by atoms with Gasteiger partial charge in [0.2, 0.25) is 0 Å². The molecule has 3 nitrogen and oxygen atoms in total. The average molecular weight is 234 g/mol. The van der Waals surface area contributed by atoms with Crippen molar-refractivity contribution in [2.24, 2.45) is 29.6 Å². The van der Waals surface area contributed by atoms with Crippen molar-refractivity contribution in [2.45, 2.75) is 31.5 Å². The Kier molecular flexibility index (Phi) is 1.99. The highest BCUT2D eigenvalue weighted by molar-refractivity contribution is 5.81. The van der Waals surface area contributed by atoms with E-state index in [2.05, 4.69) is 6.58 Å². The van der Waals surface area contributed by atoms with Crippen molar-refractivity contribution in [3.05, 3.63) is 12.7 Å². The van der Waals surface area contributed by atoms with Crippen LogP contribution in [0.1, 0.15) is 19.3 Å². The minimum Gasteiger partial charge on any atom is -0.462 e. The number of hydrogen-bond acceptors (Lipinski definition) is 3. The first-order valence-electron chi connectivity index (χ1n) is 6.72. The highest BCUT2D eigenvalue weighted by Crippen LogP contribution is 2.65. The van der Waals surface area contributed by atoms with Gasteiger partial charge in [0.15, 0.2) is 0 Å². The van der Waals surface area contributed by atoms with E-state index in [0.29, 0.717) is 24.7 Å². The number of rotatable bonds is 3. The molecule has 0 amide bonds. The van der Waals surface area contributed by atoms with Crippen LogP contribution in [0, 0.1) is 29.6 Å². The number of fused-ring (bicyclic) bond motifs is 7. The standard InChI is InChI=1S/C14H18O3/c1-2-12(15)16-6-8-3-7-4-9(8)10-5-11-14(17-11)13(7)10/h2,7-11,13-14H,1,3-6H2/t7?,8?,9-,10?,11?,13?,14?/m0/s1. The van der Waals surface area contributed by atoms with Crippen molar-refractivity contribution >= 4 is 5.97 Å². The lowest BCUT2D eigenvalue weighted by Gasteiger charge is -2.32. The second kappa shape index (κ2) is 3.35. The fraction of sp³-hybridized carbons (Fsp3) is 0.786. The van der Waals surface area contributed by atoms with E-state index in [9.17, 15) is 4.79 Å². The van der Waals surface area contributed by atoms with Crippen molar-refractivity contribution in [1.82, 2.24) is 0 Å². The van der Waals surface area contributed by atoms with Crippen LogP contribution >= 0.6 is 0 Å². The van der Waals surface area contributed by atoms with E-state index in [-0.39, 0.29) is 5.97 Å². The zero-order valence-corrected chi connectivity index (χ0v) is 9.88. The second-order valence-corrected chi connectivity index (χ2v) is 6.11. The van der Waals surface area contributed by atoms with Crippen LogP contribution < -0.4 is 0 Å². The molecule has 1 heterocycles. The number of carbonyl (C=O) groups excluding carboxylic acids is 1. The zero-order valence-electron chi connectivity index (χ0n) is 9.88. The SMILES string of the molecule is C=CC(=O)OCC1CC2C[C@@H]1C1CC3OC3C21. The van der Waals surface area contributed by atoms with Gasteiger partial charge in [-0.2, -0.15) is 0 Å². The maximum Gasteiger partial charge on any atom is 0.330 e. The molecule has 92 valence electrons. The molecule has 2 bridgehead atoms. The molecular weight excluding hydrogens is 216 g/mol. The van der Waals surface area contributed by atoms with Gasteiger partial charge < -0.3 is 9.47 Å². The summed E-state index contributed by atoms with van der Waals surface area (Å²) in [4.78, 5) is 11.1. The monoisotopic (exact) mass is 234 g/mol. The van der Waals surface area contributed by atoms with E-state index in [0.717, 1.165) is 23.7 Å². The largest absolute Gasteiger partial charge is 0.462 e. The number of hydrogen-bond donors (Lipinski definition) is 0. The van der Waals surface area contributed by atoms with E-state index in [1.807, 2.05) is 0 Å². The van der Waals surface area contributed by atoms with E-state index in [1.54, 1.807) is 0 Å². The van der Waals surface area contributed by atoms with Crippen molar-refractivity contribution in [1.29, 1.82) is 0 Å². The van der Waals surface area contributed by atoms with Gasteiger partial charge in [0.25, 0.3) is 0 Å². The summed E-state index contributed by atoms with van der Waals surface area (Å²) in [7, 11) is 0. The molecular formula is C14H18O3. The van der Waals surface area contributed by atoms with Gasteiger partial charge in [-0.05, 0) is 48.9 Å². The molecule has 4 rings (SSSR count). The molecule has 4 aliphatic rings. The number of carbonyl (C=O) groups is 1. The van der Waals surface area contributed by atoms with E-state index >= 15 is 0 Å². The molecule has 0 aromatic heterocycles. The van der Waals surface area contributed by atoms with Crippen molar-refractivity contribution in [3.8, 4) is 0 Å². The Morgan fingerprint density at radius 1 is 1.35 bits per heavy atom. The maximum atomic E-state index is 11.1. The molecule has 0 N–H and O–H groups in total. The minimum absolute atomic E-state index is 0.276. The lowest BCUT2D eigenvalue weighted by atomic mass is 9.75. The average Bonchev–Trinajstić information content (AvgIpc) is 2.76. The van der Waals surface area contributed by atoms with Gasteiger partial charge in [-0.3, -0.25) is 0 Å². The van der Waals surface area contributed by atoms with Gasteiger partial charge >= 0.3 is 5.97 Å². The predicted octanol–water partition coefficient (Wildman–Crippen LogP) is 1.78. The Balaban J connectivity index is 1.42. The first-order chi connectivity index (χ1) is 8.28. The van der Waals surface area contributed by atoms with Crippen LogP contribution in [0.3, 0.4) is 0 Å². The predicted molar refractivity (Wildman–Crippen MR) is 61.1 cm³/mol. The topological polar surface area (TPSA) is 38.8 Å². The Morgan fingerprint density at radius 2 is 2.24 bits per heavy atom. The molecule has 0 spiro atoms. The van der Waals surface area contributed by atoms with E-state index in [4.69, 9.17) is 9.47 Å². The summed E-state index contributed by atoms with van der Waals surface area (Å²) >= 11 is 0. The fourth-order valence-corrected chi connectivity index (χ4v) is 4.91. The molecule has 0 aromatic carbocycles. The molecule has 0 radical (unpaired) electrons. The van der Waals surface area contributed by atoms with Crippen LogP contribution in [-0.4, -0.2) is 24.8 Å². The summed E-state index contributed by atoms with van der Waals surface area (Å²) in [5.41, 5.74) is 0. The highest BCUT2D eigenvalue weighted by atomic mass is 16.6. The van der Waals surface area contributed by atoms with Crippen LogP contribution in [0.15, 0.2) is 12.7 Å². The smallest absolute Gasteiger partial charge is 0.330 e. The van der Waals surface area contributed by atoms with Gasteiger partial charge in [0.1, 0.15) is 0 Å². The third-order valence-corrected chi connectivity index (χ3v) is 5.49. The first kappa shape index (κ1) is 10.1. The summed E-state index contributed by atoms with van der Waals surface area (Å²) in [6.45, 7) is 4.03. The molecule has 6 unspecified atom stereocenters. The van der Waals surface area contributed by atoms with Crippen LogP contribution in [-0.2, 0) is 14.3 Å². The minimum atomic E-state index is -0.276. The Hall–Kier alpha value is -0.830. The maximum absolute atomic E-state index is 11.1. The molecule has 3 saturated carbocycles. The number of epoxide rings is 1. The molecule has 1 aliphatic heterocycles. The Morgan fingerprint density at radius 3 is 3.06 bits per heavy atom. The number of esters is 1. The summed E-state index contributed by atoms with van der Waals surface area (Å²) in [5.74, 6) is 3.67. The molecule has 3 heteroatoms. The Bertz CT molecular complexity index is 378. The van der Waals surface area contributed by atoms with Gasteiger partial charge in [0, 0.05) is 6.08 Å². The molecule has 17 heavy (non-hydrogen) atoms. The van der Waals surface area contributed by atoms with Gasteiger partial charge in [-0.25, -0.2) is 4.79 Å². The highest BCUT2D eigenvalue weighted by Gasteiger charge is 2.66. The van der Waals surface area contributed by atoms with Crippen LogP contribution in [0.2, 0.25) is 0 Å². The van der Waals surface area contributed by atoms with E-state index < -0.39 is 0 Å². The van der Waals surface area contributed by atoms with Crippen molar-refractivity contribution in [3.63, 3.8) is 0 Å². The van der Waals surface area contributed by atoms with E-state index in [1.165, 1.54) is 25.3 Å². The van der Waals surface area contributed by atoms with Gasteiger partial charge in [-0.1, -0.05) is 6.58 Å². The van der Waals surface area contributed by atoms with Crippen LogP contribution in [0.25, 0.3) is 0 Å². The third kappa shape index (κ3) is 1.35. The zero-order chi connectivity index (χ0) is 11.6. The normalized spacial score (nSPS) is 53.1. The molecule has 0 aromatic rings. The molecule has 1 saturated heterocycles. The summed E-state index contributed by atoms with van der Waals surface area (Å²) in [5, 5.41) is 0. The van der Waals surface area contributed by atoms with Crippen LogP contribution in [0.4, 0.5) is 0 Å². The molecule has 4 fully saturated rings.